The summed E-state index contributed by atoms with van der Waals surface area (Å²) >= 11 is 0. The summed E-state index contributed by atoms with van der Waals surface area (Å²) in [5.41, 5.74) is 1.10. The molecule has 1 amide bonds. The summed E-state index contributed by atoms with van der Waals surface area (Å²) in [4.78, 5) is 22.3. The smallest absolute Gasteiger partial charge is 0.269 e. The van der Waals surface area contributed by atoms with Crippen molar-refractivity contribution in [1.29, 1.82) is 0 Å². The molecule has 0 aliphatic heterocycles. The molecule has 0 unspecified atom stereocenters. The highest BCUT2D eigenvalue weighted by atomic mass is 16.6. The Morgan fingerprint density at radius 3 is 2.80 bits per heavy atom. The van der Waals surface area contributed by atoms with Crippen molar-refractivity contribution < 1.29 is 14.5 Å². The maximum atomic E-state index is 12.1. The molecule has 1 aromatic carbocycles. The number of non-ortho nitro benzene ring substituents is 1. The van der Waals surface area contributed by atoms with Crippen molar-refractivity contribution in [3.63, 3.8) is 0 Å². The highest BCUT2D eigenvalue weighted by Crippen LogP contribution is 2.28. The summed E-state index contributed by atoms with van der Waals surface area (Å²) in [7, 11) is 0. The number of carbonyl (C=O) groups is 1. The predicted molar refractivity (Wildman–Crippen MR) is 90.7 cm³/mol. The van der Waals surface area contributed by atoms with Gasteiger partial charge in [-0.2, -0.15) is 5.10 Å². The Morgan fingerprint density at radius 2 is 2.12 bits per heavy atom. The SMILES string of the molecule is O=C(NCCCOCC1CC1)c1cnn(-c2ccc([N+](=O)[O-])cc2)c1. The summed E-state index contributed by atoms with van der Waals surface area (Å²) in [5, 5.41) is 17.6. The van der Waals surface area contributed by atoms with Crippen molar-refractivity contribution in [3.8, 4) is 5.69 Å². The molecular weight excluding hydrogens is 324 g/mol. The van der Waals surface area contributed by atoms with Crippen LogP contribution in [-0.2, 0) is 4.74 Å². The number of nitrogens with one attached hydrogen (secondary N) is 1. The molecule has 1 aromatic heterocycles. The third-order valence-electron chi connectivity index (χ3n) is 3.97. The number of hydrogen-bond acceptors (Lipinski definition) is 5. The monoisotopic (exact) mass is 344 g/mol. The molecule has 0 spiro atoms. The van der Waals surface area contributed by atoms with Crippen LogP contribution < -0.4 is 5.32 Å². The van der Waals surface area contributed by atoms with Gasteiger partial charge >= 0.3 is 0 Å². The van der Waals surface area contributed by atoms with Crippen molar-refractivity contribution >= 4 is 11.6 Å². The van der Waals surface area contributed by atoms with Crippen molar-refractivity contribution in [1.82, 2.24) is 15.1 Å². The lowest BCUT2D eigenvalue weighted by Crippen LogP contribution is -2.25. The number of nitro benzene ring substituents is 1. The lowest BCUT2D eigenvalue weighted by atomic mass is 10.3. The summed E-state index contributed by atoms with van der Waals surface area (Å²) in [5.74, 6) is 0.551. The van der Waals surface area contributed by atoms with Crippen LogP contribution in [0.1, 0.15) is 29.6 Å². The zero-order valence-corrected chi connectivity index (χ0v) is 13.8. The number of carbonyl (C=O) groups excluding carboxylic acids is 1. The molecule has 1 heterocycles. The van der Waals surface area contributed by atoms with Gasteiger partial charge in [0.15, 0.2) is 0 Å². The van der Waals surface area contributed by atoms with E-state index in [1.165, 1.54) is 35.9 Å². The number of nitro groups is 1. The summed E-state index contributed by atoms with van der Waals surface area (Å²) in [6.45, 7) is 2.03. The molecule has 132 valence electrons. The Kier molecular flexibility index (Phi) is 5.39. The van der Waals surface area contributed by atoms with Gasteiger partial charge in [-0.3, -0.25) is 14.9 Å². The van der Waals surface area contributed by atoms with Gasteiger partial charge in [-0.1, -0.05) is 0 Å². The van der Waals surface area contributed by atoms with Crippen molar-refractivity contribution in [2.75, 3.05) is 19.8 Å². The van der Waals surface area contributed by atoms with Gasteiger partial charge in [-0.15, -0.1) is 0 Å². The van der Waals surface area contributed by atoms with Gasteiger partial charge in [0, 0.05) is 38.1 Å². The molecule has 1 aliphatic rings. The summed E-state index contributed by atoms with van der Waals surface area (Å²) < 4.78 is 7.03. The zero-order valence-electron chi connectivity index (χ0n) is 13.8. The van der Waals surface area contributed by atoms with E-state index in [-0.39, 0.29) is 11.6 Å². The van der Waals surface area contributed by atoms with Crippen LogP contribution >= 0.6 is 0 Å². The minimum Gasteiger partial charge on any atom is -0.381 e. The molecule has 8 heteroatoms. The molecule has 2 aromatic rings. The minimum atomic E-state index is -0.458. The molecule has 3 rings (SSSR count). The fourth-order valence-electron chi connectivity index (χ4n) is 2.32. The fourth-order valence-corrected chi connectivity index (χ4v) is 2.32. The van der Waals surface area contributed by atoms with Crippen molar-refractivity contribution in [2.24, 2.45) is 5.92 Å². The largest absolute Gasteiger partial charge is 0.381 e. The van der Waals surface area contributed by atoms with Gasteiger partial charge < -0.3 is 10.1 Å². The maximum Gasteiger partial charge on any atom is 0.269 e. The topological polar surface area (TPSA) is 99.3 Å². The Balaban J connectivity index is 1.46. The van der Waals surface area contributed by atoms with Crippen LogP contribution in [0.2, 0.25) is 0 Å². The second-order valence-corrected chi connectivity index (χ2v) is 6.07. The molecule has 0 atom stereocenters. The van der Waals surface area contributed by atoms with Gasteiger partial charge in [0.05, 0.1) is 22.4 Å². The summed E-state index contributed by atoms with van der Waals surface area (Å²) in [6, 6.07) is 5.98. The van der Waals surface area contributed by atoms with Crippen LogP contribution in [0.4, 0.5) is 5.69 Å². The number of hydrogen-bond donors (Lipinski definition) is 1. The van der Waals surface area contributed by atoms with Gasteiger partial charge in [0.1, 0.15) is 0 Å². The first-order chi connectivity index (χ1) is 12.1. The van der Waals surface area contributed by atoms with E-state index < -0.39 is 4.92 Å². The van der Waals surface area contributed by atoms with Crippen LogP contribution in [0.5, 0.6) is 0 Å². The lowest BCUT2D eigenvalue weighted by molar-refractivity contribution is -0.384. The van der Waals surface area contributed by atoms with Crippen LogP contribution in [0.25, 0.3) is 5.69 Å². The normalized spacial score (nSPS) is 13.6. The van der Waals surface area contributed by atoms with E-state index in [1.807, 2.05) is 0 Å². The molecule has 0 saturated heterocycles. The number of benzene rings is 1. The quantitative estimate of drug-likeness (QED) is 0.427. The fraction of sp³-hybridized carbons (Fsp3) is 0.412. The Hall–Kier alpha value is -2.74. The second-order valence-electron chi connectivity index (χ2n) is 6.07. The average molecular weight is 344 g/mol. The van der Waals surface area contributed by atoms with Gasteiger partial charge in [0.2, 0.25) is 0 Å². The third-order valence-corrected chi connectivity index (χ3v) is 3.97. The van der Waals surface area contributed by atoms with E-state index in [1.54, 1.807) is 18.3 Å². The number of nitrogens with zero attached hydrogens (tertiary/aromatic N) is 3. The third kappa shape index (κ3) is 4.87. The molecule has 1 fully saturated rings. The van der Waals surface area contributed by atoms with E-state index in [0.717, 1.165) is 18.9 Å². The lowest BCUT2D eigenvalue weighted by Gasteiger charge is -2.04. The highest BCUT2D eigenvalue weighted by Gasteiger charge is 2.20. The van der Waals surface area contributed by atoms with Gasteiger partial charge in [-0.05, 0) is 37.3 Å². The number of rotatable bonds is 9. The van der Waals surface area contributed by atoms with Crippen molar-refractivity contribution in [2.45, 2.75) is 19.3 Å². The van der Waals surface area contributed by atoms with E-state index in [0.29, 0.717) is 24.4 Å². The van der Waals surface area contributed by atoms with Gasteiger partial charge in [0.25, 0.3) is 11.6 Å². The molecule has 1 aliphatic carbocycles. The first kappa shape index (κ1) is 17.1. The van der Waals surface area contributed by atoms with E-state index in [2.05, 4.69) is 10.4 Å². The first-order valence-corrected chi connectivity index (χ1v) is 8.29. The molecule has 0 bridgehead atoms. The summed E-state index contributed by atoms with van der Waals surface area (Å²) in [6.07, 6.45) is 6.39. The molecule has 1 saturated carbocycles. The zero-order chi connectivity index (χ0) is 17.6. The highest BCUT2D eigenvalue weighted by molar-refractivity contribution is 5.93. The Labute approximate surface area is 144 Å². The van der Waals surface area contributed by atoms with E-state index in [4.69, 9.17) is 4.74 Å². The molecule has 25 heavy (non-hydrogen) atoms. The number of amides is 1. The van der Waals surface area contributed by atoms with E-state index >= 15 is 0 Å². The molecule has 8 nitrogen and oxygen atoms in total. The number of aromatic nitrogens is 2. The van der Waals surface area contributed by atoms with Crippen LogP contribution in [0, 0.1) is 16.0 Å². The standard InChI is InChI=1S/C17H20N4O4/c22-17(18-8-1-9-25-12-13-2-3-13)14-10-19-20(11-14)15-4-6-16(7-5-15)21(23)24/h4-7,10-11,13H,1-3,8-9,12H2,(H,18,22). The van der Waals surface area contributed by atoms with Crippen molar-refractivity contribution in [3.05, 3.63) is 52.3 Å². The average Bonchev–Trinajstić information content (AvgIpc) is 3.31. The Bertz CT molecular complexity index is 737. The molecule has 0 radical (unpaired) electrons. The molecule has 1 N–H and O–H groups in total. The first-order valence-electron chi connectivity index (χ1n) is 8.29. The van der Waals surface area contributed by atoms with Crippen LogP contribution in [0.15, 0.2) is 36.7 Å². The second kappa shape index (κ2) is 7.89. The Morgan fingerprint density at radius 1 is 1.36 bits per heavy atom. The number of ether oxygens (including phenoxy) is 1. The maximum absolute atomic E-state index is 12.1. The predicted octanol–water partition coefficient (Wildman–Crippen LogP) is 2.33. The van der Waals surface area contributed by atoms with Crippen LogP contribution in [-0.4, -0.2) is 40.4 Å². The van der Waals surface area contributed by atoms with Crippen LogP contribution in [0.3, 0.4) is 0 Å². The molecular formula is C17H20N4O4. The van der Waals surface area contributed by atoms with E-state index in [9.17, 15) is 14.9 Å². The van der Waals surface area contributed by atoms with Gasteiger partial charge in [-0.25, -0.2) is 4.68 Å². The minimum absolute atomic E-state index is 0.0118.